The summed E-state index contributed by atoms with van der Waals surface area (Å²) in [6, 6.07) is 16.4. The Kier molecular flexibility index (Phi) is 8.42. The van der Waals surface area contributed by atoms with Crippen LogP contribution < -0.4 is 0 Å². The van der Waals surface area contributed by atoms with E-state index in [-0.39, 0.29) is 12.8 Å². The molecule has 2 aromatic carbocycles. The second kappa shape index (κ2) is 11.5. The van der Waals surface area contributed by atoms with Crippen LogP contribution in [-0.2, 0) is 39.9 Å². The molecule has 2 N–H and O–H groups in total. The Morgan fingerprint density at radius 2 is 1.61 bits per heavy atom. The molecule has 4 atom stereocenters. The van der Waals surface area contributed by atoms with Gasteiger partial charge >= 0.3 is 23.9 Å². The first-order chi connectivity index (χ1) is 17.1. The number of aliphatic carboxylic acids is 2. The fourth-order valence-electron chi connectivity index (χ4n) is 4.10. The van der Waals surface area contributed by atoms with Crippen LogP contribution in [0.25, 0.3) is 11.1 Å². The number of cyclic esters (lactones) is 1. The van der Waals surface area contributed by atoms with Crippen molar-refractivity contribution in [2.75, 3.05) is 6.54 Å². The Morgan fingerprint density at radius 1 is 1.00 bits per heavy atom. The van der Waals surface area contributed by atoms with E-state index in [0.717, 1.165) is 28.5 Å². The van der Waals surface area contributed by atoms with Crippen molar-refractivity contribution in [2.24, 2.45) is 5.92 Å². The Bertz CT molecular complexity index is 1130. The Hall–Kier alpha value is -4.21. The van der Waals surface area contributed by atoms with Crippen molar-refractivity contribution in [3.05, 3.63) is 60.2 Å². The summed E-state index contributed by atoms with van der Waals surface area (Å²) in [4.78, 5) is 61.4. The summed E-state index contributed by atoms with van der Waals surface area (Å²) in [6.45, 7) is 1.97. The van der Waals surface area contributed by atoms with Crippen molar-refractivity contribution < 1.29 is 43.7 Å². The van der Waals surface area contributed by atoms with Gasteiger partial charge in [-0.15, -0.1) is 0 Å². The second-order valence-corrected chi connectivity index (χ2v) is 8.64. The number of benzene rings is 2. The van der Waals surface area contributed by atoms with Crippen molar-refractivity contribution in [1.82, 2.24) is 4.90 Å². The molecule has 1 amide bonds. The van der Waals surface area contributed by atoms with Gasteiger partial charge in [-0.25, -0.2) is 4.79 Å². The maximum atomic E-state index is 13.3. The van der Waals surface area contributed by atoms with Crippen molar-refractivity contribution in [1.29, 1.82) is 0 Å². The fraction of sp³-hybridized carbons (Fsp3) is 0.346. The Morgan fingerprint density at radius 3 is 2.17 bits per heavy atom. The highest BCUT2D eigenvalue weighted by Crippen LogP contribution is 2.25. The van der Waals surface area contributed by atoms with E-state index in [2.05, 4.69) is 0 Å². The lowest BCUT2D eigenvalue weighted by atomic mass is 9.93. The molecule has 1 heterocycles. The summed E-state index contributed by atoms with van der Waals surface area (Å²) in [5.74, 6) is -6.29. The molecule has 10 nitrogen and oxygen atoms in total. The van der Waals surface area contributed by atoms with E-state index >= 15 is 0 Å². The zero-order valence-corrected chi connectivity index (χ0v) is 19.8. The zero-order valence-electron chi connectivity index (χ0n) is 19.8. The van der Waals surface area contributed by atoms with E-state index in [4.69, 9.17) is 9.47 Å². The minimum absolute atomic E-state index is 0.00676. The van der Waals surface area contributed by atoms with Gasteiger partial charge < -0.3 is 24.6 Å². The van der Waals surface area contributed by atoms with Gasteiger partial charge in [-0.1, -0.05) is 61.5 Å². The van der Waals surface area contributed by atoms with Crippen LogP contribution in [0.4, 0.5) is 0 Å². The molecule has 2 aromatic rings. The van der Waals surface area contributed by atoms with Gasteiger partial charge in [0.15, 0.2) is 0 Å². The average Bonchev–Trinajstić information content (AvgIpc) is 2.84. The molecule has 1 unspecified atom stereocenters. The molecule has 0 bridgehead atoms. The molecule has 0 aliphatic carbocycles. The summed E-state index contributed by atoms with van der Waals surface area (Å²) < 4.78 is 9.70. The lowest BCUT2D eigenvalue weighted by molar-refractivity contribution is -0.192. The molecule has 0 aromatic heterocycles. The van der Waals surface area contributed by atoms with E-state index < -0.39 is 60.5 Å². The maximum absolute atomic E-state index is 13.3. The van der Waals surface area contributed by atoms with E-state index in [1.165, 1.54) is 6.92 Å². The molecule has 0 radical (unpaired) electrons. The van der Waals surface area contributed by atoms with Crippen LogP contribution in [0.3, 0.4) is 0 Å². The zero-order chi connectivity index (χ0) is 26.4. The molecule has 0 saturated carbocycles. The SMILES string of the molecule is CC(=O)O[C@H](C(=O)O)[C@@H]1OC(=O)CN(C(Cc2ccc(-c3ccccc3)cc2)C[C@@H](C)C(=O)O)C1=O. The number of nitrogens with zero attached hydrogens (tertiary/aromatic N) is 1. The third kappa shape index (κ3) is 6.47. The third-order valence-electron chi connectivity index (χ3n) is 5.92. The fourth-order valence-corrected chi connectivity index (χ4v) is 4.10. The highest BCUT2D eigenvalue weighted by molar-refractivity contribution is 5.95. The van der Waals surface area contributed by atoms with Crippen LogP contribution in [0.5, 0.6) is 0 Å². The minimum Gasteiger partial charge on any atom is -0.481 e. The molecule has 1 saturated heterocycles. The van der Waals surface area contributed by atoms with Crippen molar-refractivity contribution >= 4 is 29.8 Å². The molecule has 3 rings (SSSR count). The lowest BCUT2D eigenvalue weighted by Gasteiger charge is -2.39. The molecular formula is C26H27NO9. The predicted molar refractivity (Wildman–Crippen MR) is 126 cm³/mol. The van der Waals surface area contributed by atoms with Crippen LogP contribution in [0, 0.1) is 5.92 Å². The first-order valence-electron chi connectivity index (χ1n) is 11.3. The third-order valence-corrected chi connectivity index (χ3v) is 5.92. The average molecular weight is 498 g/mol. The van der Waals surface area contributed by atoms with Crippen LogP contribution >= 0.6 is 0 Å². The van der Waals surface area contributed by atoms with Crippen LogP contribution in [-0.4, -0.2) is 69.7 Å². The lowest BCUT2D eigenvalue weighted by Crippen LogP contribution is -2.60. The summed E-state index contributed by atoms with van der Waals surface area (Å²) in [5.41, 5.74) is 2.77. The van der Waals surface area contributed by atoms with E-state index in [1.807, 2.05) is 54.6 Å². The van der Waals surface area contributed by atoms with Gasteiger partial charge in [-0.2, -0.15) is 0 Å². The summed E-state index contributed by atoms with van der Waals surface area (Å²) >= 11 is 0. The summed E-state index contributed by atoms with van der Waals surface area (Å²) in [6.07, 6.45) is -3.68. The quantitative estimate of drug-likeness (QED) is 0.471. The number of carboxylic acids is 2. The minimum atomic E-state index is -2.02. The number of rotatable bonds is 10. The number of hydrogen-bond acceptors (Lipinski definition) is 7. The van der Waals surface area contributed by atoms with Gasteiger partial charge in [0.05, 0.1) is 5.92 Å². The highest BCUT2D eigenvalue weighted by Gasteiger charge is 2.47. The molecule has 1 aliphatic heterocycles. The second-order valence-electron chi connectivity index (χ2n) is 8.64. The van der Waals surface area contributed by atoms with Crippen molar-refractivity contribution in [2.45, 2.75) is 44.9 Å². The topological polar surface area (TPSA) is 148 Å². The standard InChI is InChI=1S/C26H27NO9/c1-15(25(31)32)12-20(13-17-8-10-19(11-9-17)18-6-4-3-5-7-18)27-14-21(29)36-22(24(27)30)23(26(33)34)35-16(2)28/h3-11,15,20,22-23H,12-14H2,1-2H3,(H,31,32)(H,33,34)/t15-,20?,22+,23+/m1/s1. The molecule has 36 heavy (non-hydrogen) atoms. The summed E-state index contributed by atoms with van der Waals surface area (Å²) in [7, 11) is 0. The predicted octanol–water partition coefficient (Wildman–Crippen LogP) is 2.15. The van der Waals surface area contributed by atoms with Gasteiger partial charge in [0.1, 0.15) is 6.54 Å². The van der Waals surface area contributed by atoms with Crippen molar-refractivity contribution in [3.8, 4) is 11.1 Å². The van der Waals surface area contributed by atoms with Crippen LogP contribution in [0.2, 0.25) is 0 Å². The largest absolute Gasteiger partial charge is 0.481 e. The van der Waals surface area contributed by atoms with Gasteiger partial charge in [0.25, 0.3) is 5.91 Å². The van der Waals surface area contributed by atoms with Crippen molar-refractivity contribution in [3.63, 3.8) is 0 Å². The number of carbonyl (C=O) groups excluding carboxylic acids is 3. The van der Waals surface area contributed by atoms with Gasteiger partial charge in [0, 0.05) is 13.0 Å². The van der Waals surface area contributed by atoms with E-state index in [9.17, 15) is 34.2 Å². The number of carbonyl (C=O) groups is 5. The number of amides is 1. The Labute approximate surface area is 207 Å². The highest BCUT2D eigenvalue weighted by atomic mass is 16.6. The van der Waals surface area contributed by atoms with Gasteiger partial charge in [0.2, 0.25) is 12.2 Å². The van der Waals surface area contributed by atoms with Gasteiger partial charge in [-0.05, 0) is 29.5 Å². The number of carboxylic acid groups (broad SMARTS) is 2. The first-order valence-corrected chi connectivity index (χ1v) is 11.3. The number of hydrogen-bond donors (Lipinski definition) is 2. The number of morpholine rings is 1. The number of ether oxygens (including phenoxy) is 2. The molecule has 0 spiro atoms. The smallest absolute Gasteiger partial charge is 0.349 e. The van der Waals surface area contributed by atoms with E-state index in [0.29, 0.717) is 0 Å². The molecule has 190 valence electrons. The normalized spacial score (nSPS) is 18.1. The molecular weight excluding hydrogens is 470 g/mol. The first kappa shape index (κ1) is 26.4. The van der Waals surface area contributed by atoms with E-state index in [1.54, 1.807) is 0 Å². The van der Waals surface area contributed by atoms with Crippen LogP contribution in [0.1, 0.15) is 25.8 Å². The molecule has 1 fully saturated rings. The van der Waals surface area contributed by atoms with Gasteiger partial charge in [-0.3, -0.25) is 19.2 Å². The number of esters is 2. The Balaban J connectivity index is 1.89. The monoisotopic (exact) mass is 497 g/mol. The van der Waals surface area contributed by atoms with Crippen LogP contribution in [0.15, 0.2) is 54.6 Å². The molecule has 1 aliphatic rings. The summed E-state index contributed by atoms with van der Waals surface area (Å²) in [5, 5.41) is 18.9. The maximum Gasteiger partial charge on any atom is 0.349 e. The molecule has 10 heteroatoms.